The molecule has 9 heteroatoms. The van der Waals surface area contributed by atoms with Crippen LogP contribution in [0.15, 0.2) is 9.50 Å². The zero-order valence-electron chi connectivity index (χ0n) is 10.7. The van der Waals surface area contributed by atoms with Crippen LogP contribution >= 0.6 is 35.1 Å². The minimum Gasteiger partial charge on any atom is -0.369 e. The summed E-state index contributed by atoms with van der Waals surface area (Å²) < 4.78 is 4.82. The quantitative estimate of drug-likeness (QED) is 0.697. The monoisotopic (exact) mass is 320 g/mol. The number of hydrogen-bond acceptors (Lipinski definition) is 7. The second-order valence-corrected chi connectivity index (χ2v) is 7.05. The van der Waals surface area contributed by atoms with Gasteiger partial charge in [-0.25, -0.2) is 4.98 Å². The number of rotatable bonds is 8. The zero-order valence-corrected chi connectivity index (χ0v) is 13.1. The summed E-state index contributed by atoms with van der Waals surface area (Å²) >= 11 is 3.74. The van der Waals surface area contributed by atoms with Crippen molar-refractivity contribution < 1.29 is 9.59 Å². The maximum Gasteiger partial charge on any atom is 0.231 e. The summed E-state index contributed by atoms with van der Waals surface area (Å²) in [4.78, 5) is 26.6. The molecule has 6 nitrogen and oxygen atoms in total. The van der Waals surface area contributed by atoms with Crippen LogP contribution in [0, 0.1) is 0 Å². The molecular weight excluding hydrogens is 304 g/mol. The number of primary amides is 2. The van der Waals surface area contributed by atoms with Crippen LogP contribution in [0.5, 0.6) is 0 Å². The van der Waals surface area contributed by atoms with Gasteiger partial charge in [-0.15, -0.1) is 0 Å². The molecule has 4 N–H and O–H groups in total. The Morgan fingerprint density at radius 3 is 2.16 bits per heavy atom. The van der Waals surface area contributed by atoms with E-state index in [9.17, 15) is 9.59 Å². The molecule has 0 aliphatic carbocycles. The van der Waals surface area contributed by atoms with Crippen LogP contribution < -0.4 is 11.5 Å². The van der Waals surface area contributed by atoms with Crippen molar-refractivity contribution in [2.75, 3.05) is 0 Å². The van der Waals surface area contributed by atoms with Crippen molar-refractivity contribution >= 4 is 46.9 Å². The van der Waals surface area contributed by atoms with Crippen molar-refractivity contribution in [2.45, 2.75) is 46.7 Å². The van der Waals surface area contributed by atoms with Gasteiger partial charge in [0.15, 0.2) is 4.34 Å². The molecule has 0 saturated carbocycles. The lowest BCUT2D eigenvalue weighted by Gasteiger charge is -2.07. The predicted molar refractivity (Wildman–Crippen MR) is 78.2 cm³/mol. The Morgan fingerprint density at radius 1 is 1.16 bits per heavy atom. The van der Waals surface area contributed by atoms with E-state index in [1.54, 1.807) is 0 Å². The molecule has 0 aromatic carbocycles. The molecule has 0 bridgehead atoms. The van der Waals surface area contributed by atoms with Crippen molar-refractivity contribution in [3.8, 4) is 0 Å². The molecule has 19 heavy (non-hydrogen) atoms. The molecule has 1 heterocycles. The van der Waals surface area contributed by atoms with Gasteiger partial charge in [0, 0.05) is 0 Å². The third-order valence-corrected chi connectivity index (χ3v) is 5.78. The molecular formula is C10H16N4O2S3. The summed E-state index contributed by atoms with van der Waals surface area (Å²) in [6, 6.07) is 0. The number of nitrogens with zero attached hydrogens (tertiary/aromatic N) is 2. The van der Waals surface area contributed by atoms with Crippen LogP contribution in [0.25, 0.3) is 0 Å². The third kappa shape index (κ3) is 5.00. The first kappa shape index (κ1) is 16.3. The summed E-state index contributed by atoms with van der Waals surface area (Å²) in [5.74, 6) is -0.736. The Morgan fingerprint density at radius 2 is 1.68 bits per heavy atom. The van der Waals surface area contributed by atoms with E-state index in [-0.39, 0.29) is 22.3 Å². The zero-order chi connectivity index (χ0) is 14.4. The minimum absolute atomic E-state index is 0.302. The fourth-order valence-electron chi connectivity index (χ4n) is 1.23. The van der Waals surface area contributed by atoms with Crippen LogP contribution in [0.2, 0.25) is 0 Å². The van der Waals surface area contributed by atoms with Gasteiger partial charge in [0.05, 0.1) is 10.5 Å². The highest BCUT2D eigenvalue weighted by Gasteiger charge is 2.20. The molecule has 0 spiro atoms. The van der Waals surface area contributed by atoms with E-state index in [1.807, 2.05) is 13.8 Å². The largest absolute Gasteiger partial charge is 0.369 e. The summed E-state index contributed by atoms with van der Waals surface area (Å²) in [6.07, 6.45) is 1.27. The molecule has 106 valence electrons. The number of aromatic nitrogens is 2. The van der Waals surface area contributed by atoms with E-state index in [2.05, 4.69) is 9.36 Å². The highest BCUT2D eigenvalue weighted by molar-refractivity contribution is 8.02. The van der Waals surface area contributed by atoms with Gasteiger partial charge in [0.2, 0.25) is 17.0 Å². The van der Waals surface area contributed by atoms with E-state index in [0.29, 0.717) is 22.3 Å². The van der Waals surface area contributed by atoms with E-state index < -0.39 is 0 Å². The minimum atomic E-state index is -0.375. The van der Waals surface area contributed by atoms with Crippen molar-refractivity contribution in [3.05, 3.63) is 0 Å². The lowest BCUT2D eigenvalue weighted by Crippen LogP contribution is -2.25. The summed E-state index contributed by atoms with van der Waals surface area (Å²) in [5, 5.41) is -0.119. The van der Waals surface area contributed by atoms with Gasteiger partial charge in [-0.05, 0) is 24.4 Å². The summed E-state index contributed by atoms with van der Waals surface area (Å²) in [7, 11) is 0. The Kier molecular flexibility index (Phi) is 6.59. The molecule has 0 unspecified atom stereocenters. The lowest BCUT2D eigenvalue weighted by atomic mass is 10.3. The van der Waals surface area contributed by atoms with Gasteiger partial charge in [-0.3, -0.25) is 9.59 Å². The molecule has 0 saturated heterocycles. The summed E-state index contributed by atoms with van der Waals surface area (Å²) in [5.41, 5.74) is 10.5. The Bertz CT molecular complexity index is 413. The topological polar surface area (TPSA) is 112 Å². The first-order valence-electron chi connectivity index (χ1n) is 5.73. The number of carbonyl (C=O) groups excluding carboxylic acids is 2. The number of thioether (sulfide) groups is 2. The van der Waals surface area contributed by atoms with Gasteiger partial charge in [0.1, 0.15) is 0 Å². The van der Waals surface area contributed by atoms with E-state index >= 15 is 0 Å². The maximum absolute atomic E-state index is 11.1. The van der Waals surface area contributed by atoms with Crippen LogP contribution in [0.4, 0.5) is 0 Å². The number of nitrogens with two attached hydrogens (primary N) is 2. The fourth-order valence-corrected chi connectivity index (χ4v) is 3.93. The number of amides is 2. The van der Waals surface area contributed by atoms with Crippen molar-refractivity contribution in [1.29, 1.82) is 0 Å². The standard InChI is InChI=1S/C10H16N4O2S3/c1-3-5(7(11)15)17-9-13-10(19-14-9)18-6(4-2)8(12)16/h5-6H,3-4H2,1-2H3,(H2,11,15)(H2,12,16)/t5-,6-/m0/s1. The second-order valence-electron chi connectivity index (χ2n) is 3.68. The molecule has 2 amide bonds. The Hall–Kier alpha value is -0.800. The summed E-state index contributed by atoms with van der Waals surface area (Å²) in [6.45, 7) is 3.77. The van der Waals surface area contributed by atoms with Gasteiger partial charge in [0.25, 0.3) is 0 Å². The molecule has 1 rings (SSSR count). The first-order valence-corrected chi connectivity index (χ1v) is 8.26. The molecule has 0 radical (unpaired) electrons. The predicted octanol–water partition coefficient (Wildman–Crippen LogP) is 1.25. The second kappa shape index (κ2) is 7.71. The Balaban J connectivity index is 2.66. The van der Waals surface area contributed by atoms with Crippen LogP contribution in [0.3, 0.4) is 0 Å². The molecule has 0 fully saturated rings. The number of carbonyl (C=O) groups is 2. The lowest BCUT2D eigenvalue weighted by molar-refractivity contribution is -0.118. The van der Waals surface area contributed by atoms with E-state index in [0.717, 1.165) is 0 Å². The van der Waals surface area contributed by atoms with Gasteiger partial charge >= 0.3 is 0 Å². The maximum atomic E-state index is 11.1. The van der Waals surface area contributed by atoms with E-state index in [1.165, 1.54) is 35.1 Å². The number of hydrogen-bond donors (Lipinski definition) is 2. The molecule has 2 atom stereocenters. The first-order chi connectivity index (χ1) is 8.97. The normalized spacial score (nSPS) is 14.0. The highest BCUT2D eigenvalue weighted by Crippen LogP contribution is 2.31. The van der Waals surface area contributed by atoms with Gasteiger partial charge in [-0.1, -0.05) is 37.4 Å². The molecule has 1 aromatic heterocycles. The molecule has 1 aromatic rings. The smallest absolute Gasteiger partial charge is 0.231 e. The average Bonchev–Trinajstić information content (AvgIpc) is 2.79. The average molecular weight is 320 g/mol. The third-order valence-electron chi connectivity index (χ3n) is 2.26. The fraction of sp³-hybridized carbons (Fsp3) is 0.600. The Labute approximate surface area is 124 Å². The van der Waals surface area contributed by atoms with Crippen LogP contribution in [-0.2, 0) is 9.59 Å². The molecule has 0 aliphatic heterocycles. The molecule has 0 aliphatic rings. The SMILES string of the molecule is CC[C@H](Sc1nsc(S[C@@H](CC)C(N)=O)n1)C(N)=O. The van der Waals surface area contributed by atoms with Crippen LogP contribution in [0.1, 0.15) is 26.7 Å². The van der Waals surface area contributed by atoms with Crippen LogP contribution in [-0.4, -0.2) is 31.7 Å². The van der Waals surface area contributed by atoms with Gasteiger partial charge < -0.3 is 11.5 Å². The van der Waals surface area contributed by atoms with Crippen molar-refractivity contribution in [1.82, 2.24) is 9.36 Å². The van der Waals surface area contributed by atoms with Crippen molar-refractivity contribution in [3.63, 3.8) is 0 Å². The van der Waals surface area contributed by atoms with E-state index in [4.69, 9.17) is 11.5 Å². The van der Waals surface area contributed by atoms with Gasteiger partial charge in [-0.2, -0.15) is 4.37 Å². The van der Waals surface area contributed by atoms with Crippen molar-refractivity contribution in [2.24, 2.45) is 11.5 Å². The highest BCUT2D eigenvalue weighted by atomic mass is 32.2.